The molecule has 2 aliphatic rings. The Morgan fingerprint density at radius 2 is 2.50 bits per heavy atom. The standard InChI is InChI=1S/C11H14N2O/c1-2-10(6-12-3-1)14-7-9-4-8-5-11(8)13-9/h1-3,6,8-9,11,13H,4-5,7H2/t8-,9-,11+/m0/s1. The lowest BCUT2D eigenvalue weighted by atomic mass is 10.2. The second-order valence-electron chi connectivity index (χ2n) is 4.20. The minimum Gasteiger partial charge on any atom is -0.490 e. The Hall–Kier alpha value is -1.09. The fourth-order valence-corrected chi connectivity index (χ4v) is 2.19. The molecule has 0 unspecified atom stereocenters. The van der Waals surface area contributed by atoms with E-state index in [0.29, 0.717) is 6.04 Å². The Bertz CT molecular complexity index is 304. The number of rotatable bonds is 3. The first-order valence-corrected chi connectivity index (χ1v) is 5.21. The van der Waals surface area contributed by atoms with Crippen LogP contribution >= 0.6 is 0 Å². The lowest BCUT2D eigenvalue weighted by Gasteiger charge is -2.13. The van der Waals surface area contributed by atoms with Crippen LogP contribution in [0.1, 0.15) is 12.8 Å². The number of hydrogen-bond acceptors (Lipinski definition) is 3. The van der Waals surface area contributed by atoms with Gasteiger partial charge in [-0.05, 0) is 30.9 Å². The number of pyridine rings is 1. The highest BCUT2D eigenvalue weighted by atomic mass is 16.5. The second-order valence-corrected chi connectivity index (χ2v) is 4.20. The van der Waals surface area contributed by atoms with E-state index in [2.05, 4.69) is 10.3 Å². The molecule has 1 saturated carbocycles. The molecule has 1 saturated heterocycles. The summed E-state index contributed by atoms with van der Waals surface area (Å²) in [6.45, 7) is 0.776. The highest BCUT2D eigenvalue weighted by molar-refractivity contribution is 5.15. The lowest BCUT2D eigenvalue weighted by molar-refractivity contribution is 0.267. The van der Waals surface area contributed by atoms with E-state index in [1.165, 1.54) is 12.8 Å². The van der Waals surface area contributed by atoms with Gasteiger partial charge in [0.2, 0.25) is 0 Å². The average molecular weight is 190 g/mol. The molecule has 3 rings (SSSR count). The van der Waals surface area contributed by atoms with E-state index in [1.807, 2.05) is 12.1 Å². The normalized spacial score (nSPS) is 33.9. The Kier molecular flexibility index (Phi) is 1.91. The van der Waals surface area contributed by atoms with Gasteiger partial charge in [0, 0.05) is 18.3 Å². The summed E-state index contributed by atoms with van der Waals surface area (Å²) in [5.74, 6) is 1.81. The van der Waals surface area contributed by atoms with Crippen LogP contribution in [0.2, 0.25) is 0 Å². The van der Waals surface area contributed by atoms with Crippen LogP contribution in [0.4, 0.5) is 0 Å². The molecule has 0 bridgehead atoms. The van der Waals surface area contributed by atoms with Gasteiger partial charge in [0.15, 0.2) is 0 Å². The maximum Gasteiger partial charge on any atom is 0.137 e. The van der Waals surface area contributed by atoms with Crippen molar-refractivity contribution in [1.82, 2.24) is 10.3 Å². The predicted octanol–water partition coefficient (Wildman–Crippen LogP) is 1.21. The van der Waals surface area contributed by atoms with E-state index >= 15 is 0 Å². The van der Waals surface area contributed by atoms with Gasteiger partial charge in [0.05, 0.1) is 6.20 Å². The number of nitrogens with zero attached hydrogens (tertiary/aromatic N) is 1. The van der Waals surface area contributed by atoms with Crippen molar-refractivity contribution in [3.63, 3.8) is 0 Å². The fourth-order valence-electron chi connectivity index (χ4n) is 2.19. The largest absolute Gasteiger partial charge is 0.490 e. The van der Waals surface area contributed by atoms with Gasteiger partial charge >= 0.3 is 0 Å². The molecule has 14 heavy (non-hydrogen) atoms. The van der Waals surface area contributed by atoms with Crippen molar-refractivity contribution in [1.29, 1.82) is 0 Å². The molecule has 1 aromatic rings. The SMILES string of the molecule is c1cncc(OC[C@@H]2C[C@H]3C[C@H]3N2)c1. The van der Waals surface area contributed by atoms with Crippen molar-refractivity contribution in [3.05, 3.63) is 24.5 Å². The van der Waals surface area contributed by atoms with E-state index < -0.39 is 0 Å². The average Bonchev–Trinajstić information content (AvgIpc) is 2.85. The maximum absolute atomic E-state index is 5.63. The molecular formula is C11H14N2O. The Balaban J connectivity index is 1.50. The molecule has 74 valence electrons. The maximum atomic E-state index is 5.63. The summed E-state index contributed by atoms with van der Waals surface area (Å²) in [5, 5.41) is 3.55. The first kappa shape index (κ1) is 8.24. The summed E-state index contributed by atoms with van der Waals surface area (Å²) < 4.78 is 5.63. The van der Waals surface area contributed by atoms with Crippen LogP contribution in [-0.2, 0) is 0 Å². The summed E-state index contributed by atoms with van der Waals surface area (Å²) in [5.41, 5.74) is 0. The molecule has 3 heteroatoms. The van der Waals surface area contributed by atoms with Crippen LogP contribution in [0.15, 0.2) is 24.5 Å². The monoisotopic (exact) mass is 190 g/mol. The molecule has 0 aromatic carbocycles. The molecule has 0 amide bonds. The van der Waals surface area contributed by atoms with Crippen molar-refractivity contribution in [2.75, 3.05) is 6.61 Å². The molecule has 1 aliphatic carbocycles. The highest BCUT2D eigenvalue weighted by Gasteiger charge is 2.45. The molecular weight excluding hydrogens is 176 g/mol. The zero-order chi connectivity index (χ0) is 9.38. The second kappa shape index (κ2) is 3.24. The van der Waals surface area contributed by atoms with E-state index in [-0.39, 0.29) is 0 Å². The van der Waals surface area contributed by atoms with Crippen LogP contribution in [0, 0.1) is 5.92 Å². The minimum atomic E-state index is 0.555. The van der Waals surface area contributed by atoms with Gasteiger partial charge in [-0.15, -0.1) is 0 Å². The van der Waals surface area contributed by atoms with Crippen molar-refractivity contribution in [3.8, 4) is 5.75 Å². The Morgan fingerprint density at radius 3 is 3.21 bits per heavy atom. The molecule has 3 atom stereocenters. The quantitative estimate of drug-likeness (QED) is 0.778. The summed E-state index contributed by atoms with van der Waals surface area (Å²) in [4.78, 5) is 4.01. The van der Waals surface area contributed by atoms with Crippen LogP contribution in [0.5, 0.6) is 5.75 Å². The number of piperidine rings is 1. The van der Waals surface area contributed by atoms with Gasteiger partial charge < -0.3 is 10.1 Å². The summed E-state index contributed by atoms with van der Waals surface area (Å²) in [6, 6.07) is 5.20. The van der Waals surface area contributed by atoms with Crippen molar-refractivity contribution >= 4 is 0 Å². The summed E-state index contributed by atoms with van der Waals surface area (Å²) in [7, 11) is 0. The highest BCUT2D eigenvalue weighted by Crippen LogP contribution is 2.40. The third kappa shape index (κ3) is 1.60. The number of aromatic nitrogens is 1. The van der Waals surface area contributed by atoms with E-state index in [9.17, 15) is 0 Å². The number of hydrogen-bond donors (Lipinski definition) is 1. The molecule has 2 heterocycles. The lowest BCUT2D eigenvalue weighted by Crippen LogP contribution is -2.31. The van der Waals surface area contributed by atoms with Gasteiger partial charge in [-0.25, -0.2) is 0 Å². The van der Waals surface area contributed by atoms with Gasteiger partial charge in [0.1, 0.15) is 12.4 Å². The van der Waals surface area contributed by atoms with Gasteiger partial charge in [-0.1, -0.05) is 0 Å². The van der Waals surface area contributed by atoms with Crippen molar-refractivity contribution in [2.24, 2.45) is 5.92 Å². The summed E-state index contributed by atoms with van der Waals surface area (Å²) in [6.07, 6.45) is 6.18. The molecule has 0 radical (unpaired) electrons. The first-order chi connectivity index (χ1) is 6.92. The van der Waals surface area contributed by atoms with Crippen molar-refractivity contribution in [2.45, 2.75) is 24.9 Å². The molecule has 1 aromatic heterocycles. The van der Waals surface area contributed by atoms with Gasteiger partial charge in [-0.3, -0.25) is 4.98 Å². The molecule has 2 fully saturated rings. The van der Waals surface area contributed by atoms with Crippen LogP contribution < -0.4 is 10.1 Å². The Labute approximate surface area is 83.5 Å². The smallest absolute Gasteiger partial charge is 0.137 e. The van der Waals surface area contributed by atoms with Crippen LogP contribution in [0.25, 0.3) is 0 Å². The predicted molar refractivity (Wildman–Crippen MR) is 53.2 cm³/mol. The minimum absolute atomic E-state index is 0.555. The third-order valence-electron chi connectivity index (χ3n) is 3.05. The van der Waals surface area contributed by atoms with Crippen LogP contribution in [0.3, 0.4) is 0 Å². The molecule has 0 spiro atoms. The fraction of sp³-hybridized carbons (Fsp3) is 0.545. The first-order valence-electron chi connectivity index (χ1n) is 5.21. The number of fused-ring (bicyclic) bond motifs is 1. The zero-order valence-electron chi connectivity index (χ0n) is 8.02. The van der Waals surface area contributed by atoms with Crippen LogP contribution in [-0.4, -0.2) is 23.7 Å². The Morgan fingerprint density at radius 1 is 1.50 bits per heavy atom. The molecule has 1 aliphatic heterocycles. The number of ether oxygens (including phenoxy) is 1. The number of nitrogens with one attached hydrogen (secondary N) is 1. The van der Waals surface area contributed by atoms with E-state index in [0.717, 1.165) is 24.3 Å². The third-order valence-corrected chi connectivity index (χ3v) is 3.05. The molecule has 1 N–H and O–H groups in total. The van der Waals surface area contributed by atoms with E-state index in [1.54, 1.807) is 12.4 Å². The van der Waals surface area contributed by atoms with Gasteiger partial charge in [0.25, 0.3) is 0 Å². The van der Waals surface area contributed by atoms with E-state index in [4.69, 9.17) is 4.74 Å². The van der Waals surface area contributed by atoms with Gasteiger partial charge in [-0.2, -0.15) is 0 Å². The topological polar surface area (TPSA) is 34.1 Å². The molecule has 3 nitrogen and oxygen atoms in total. The van der Waals surface area contributed by atoms with Crippen molar-refractivity contribution < 1.29 is 4.74 Å². The zero-order valence-corrected chi connectivity index (χ0v) is 8.02. The summed E-state index contributed by atoms with van der Waals surface area (Å²) >= 11 is 0.